The minimum absolute atomic E-state index is 0.0335. The summed E-state index contributed by atoms with van der Waals surface area (Å²) >= 11 is 5.70. The number of halogens is 2. The minimum Gasteiger partial charge on any atom is -0.481 e. The van der Waals surface area contributed by atoms with Crippen molar-refractivity contribution in [1.82, 2.24) is 5.32 Å². The molecule has 0 bridgehead atoms. The average molecular weight is 303 g/mol. The molecule has 20 heavy (non-hydrogen) atoms. The Kier molecular flexibility index (Phi) is 4.41. The van der Waals surface area contributed by atoms with E-state index in [1.807, 2.05) is 0 Å². The van der Waals surface area contributed by atoms with Gasteiger partial charge in [0.2, 0.25) is 0 Å². The predicted molar refractivity (Wildman–Crippen MR) is 69.3 cm³/mol. The number of hydrogen-bond acceptors (Lipinski definition) is 3. The van der Waals surface area contributed by atoms with Gasteiger partial charge in [0, 0.05) is 5.02 Å². The van der Waals surface area contributed by atoms with Gasteiger partial charge in [-0.15, -0.1) is 0 Å². The molecule has 6 nitrogen and oxygen atoms in total. The topological polar surface area (TPSA) is 87.7 Å². The molecule has 0 aliphatic carbocycles. The first-order valence-electron chi connectivity index (χ1n) is 5.80. The van der Waals surface area contributed by atoms with Gasteiger partial charge in [-0.05, 0) is 18.2 Å². The van der Waals surface area contributed by atoms with Crippen LogP contribution in [-0.4, -0.2) is 36.4 Å². The maximum atomic E-state index is 13.4. The average Bonchev–Trinajstić information content (AvgIpc) is 2.82. The third-order valence-electron chi connectivity index (χ3n) is 2.89. The summed E-state index contributed by atoms with van der Waals surface area (Å²) in [5.41, 5.74) is -0.0826. The van der Waals surface area contributed by atoms with Crippen LogP contribution in [0.2, 0.25) is 5.02 Å². The Bertz CT molecular complexity index is 540. The van der Waals surface area contributed by atoms with Crippen LogP contribution in [0.25, 0.3) is 0 Å². The highest BCUT2D eigenvalue weighted by Gasteiger charge is 2.35. The van der Waals surface area contributed by atoms with Gasteiger partial charge in [0.05, 0.1) is 24.9 Å². The van der Waals surface area contributed by atoms with Crippen molar-refractivity contribution >= 4 is 29.3 Å². The van der Waals surface area contributed by atoms with Gasteiger partial charge >= 0.3 is 12.0 Å². The molecule has 8 heteroatoms. The number of aliphatic carboxylic acids is 1. The smallest absolute Gasteiger partial charge is 0.319 e. The summed E-state index contributed by atoms with van der Waals surface area (Å²) in [6, 6.07) is 2.36. The summed E-state index contributed by atoms with van der Waals surface area (Å²) in [7, 11) is 0. The monoisotopic (exact) mass is 302 g/mol. The Morgan fingerprint density at radius 1 is 1.40 bits per heavy atom. The number of nitrogens with one attached hydrogen (secondary N) is 2. The van der Waals surface area contributed by atoms with Crippen LogP contribution >= 0.6 is 11.6 Å². The molecule has 2 rings (SSSR count). The molecule has 108 valence electrons. The molecule has 0 spiro atoms. The molecule has 0 radical (unpaired) electrons. The van der Waals surface area contributed by atoms with Gasteiger partial charge in [0.1, 0.15) is 11.7 Å². The maximum Gasteiger partial charge on any atom is 0.319 e. The van der Waals surface area contributed by atoms with Crippen molar-refractivity contribution in [2.24, 2.45) is 5.92 Å². The molecule has 1 aromatic carbocycles. The number of benzene rings is 1. The first-order valence-corrected chi connectivity index (χ1v) is 6.18. The number of ether oxygens (including phenoxy) is 1. The standard InChI is InChI=1S/C12H12ClFN2O4/c13-6-1-2-8(14)9(3-6)15-12(19)16-10-5-20-4-7(10)11(17)18/h1-3,7,10H,4-5H2,(H,17,18)(H2,15,16,19). The summed E-state index contributed by atoms with van der Waals surface area (Å²) < 4.78 is 18.4. The molecule has 0 aromatic heterocycles. The lowest BCUT2D eigenvalue weighted by Crippen LogP contribution is -2.44. The minimum atomic E-state index is -1.05. The van der Waals surface area contributed by atoms with Gasteiger partial charge in [-0.1, -0.05) is 11.6 Å². The van der Waals surface area contributed by atoms with Crippen molar-refractivity contribution in [3.63, 3.8) is 0 Å². The highest BCUT2D eigenvalue weighted by molar-refractivity contribution is 6.30. The number of amides is 2. The molecule has 3 N–H and O–H groups in total. The molecule has 1 saturated heterocycles. The number of anilines is 1. The van der Waals surface area contributed by atoms with E-state index >= 15 is 0 Å². The fraction of sp³-hybridized carbons (Fsp3) is 0.333. The van der Waals surface area contributed by atoms with Crippen molar-refractivity contribution in [3.8, 4) is 0 Å². The molecular weight excluding hydrogens is 291 g/mol. The summed E-state index contributed by atoms with van der Waals surface area (Å²) in [5, 5.41) is 13.9. The van der Waals surface area contributed by atoms with Crippen molar-refractivity contribution < 1.29 is 23.8 Å². The van der Waals surface area contributed by atoms with Gasteiger partial charge in [0.15, 0.2) is 0 Å². The number of hydrogen-bond donors (Lipinski definition) is 3. The van der Waals surface area contributed by atoms with Crippen LogP contribution in [0.1, 0.15) is 0 Å². The zero-order valence-corrected chi connectivity index (χ0v) is 11.0. The summed E-state index contributed by atoms with van der Waals surface area (Å²) in [5.74, 6) is -2.51. The third kappa shape index (κ3) is 3.37. The molecule has 0 saturated carbocycles. The number of rotatable bonds is 3. The Labute approximate surface area is 118 Å². The molecular formula is C12H12ClFN2O4. The van der Waals surface area contributed by atoms with Crippen molar-refractivity contribution in [1.29, 1.82) is 0 Å². The molecule has 1 aliphatic heterocycles. The highest BCUT2D eigenvalue weighted by atomic mass is 35.5. The van der Waals surface area contributed by atoms with Crippen LogP contribution in [0.4, 0.5) is 14.9 Å². The summed E-state index contributed by atoms with van der Waals surface area (Å²) in [4.78, 5) is 22.6. The first-order chi connectivity index (χ1) is 9.47. The third-order valence-corrected chi connectivity index (χ3v) is 3.13. The first kappa shape index (κ1) is 14.5. The van der Waals surface area contributed by atoms with E-state index in [4.69, 9.17) is 21.4 Å². The van der Waals surface area contributed by atoms with Crippen molar-refractivity contribution in [3.05, 3.63) is 29.0 Å². The highest BCUT2D eigenvalue weighted by Crippen LogP contribution is 2.20. The van der Waals surface area contributed by atoms with Crippen LogP contribution < -0.4 is 10.6 Å². The van der Waals surface area contributed by atoms with E-state index in [2.05, 4.69) is 10.6 Å². The number of carboxylic acids is 1. The molecule has 1 aliphatic rings. The van der Waals surface area contributed by atoms with Crippen LogP contribution in [0.3, 0.4) is 0 Å². The van der Waals surface area contributed by atoms with Crippen molar-refractivity contribution in [2.45, 2.75) is 6.04 Å². The zero-order chi connectivity index (χ0) is 14.7. The quantitative estimate of drug-likeness (QED) is 0.793. The zero-order valence-electron chi connectivity index (χ0n) is 10.2. The molecule has 2 amide bonds. The Morgan fingerprint density at radius 3 is 2.85 bits per heavy atom. The van der Waals surface area contributed by atoms with E-state index in [9.17, 15) is 14.0 Å². The van der Waals surface area contributed by atoms with Crippen LogP contribution in [0.5, 0.6) is 0 Å². The van der Waals surface area contributed by atoms with Crippen molar-refractivity contribution in [2.75, 3.05) is 18.5 Å². The molecule has 1 heterocycles. The molecule has 2 atom stereocenters. The van der Waals surface area contributed by atoms with Gasteiger partial charge in [-0.25, -0.2) is 9.18 Å². The molecule has 1 fully saturated rings. The lowest BCUT2D eigenvalue weighted by Gasteiger charge is -2.16. The fourth-order valence-corrected chi connectivity index (χ4v) is 2.03. The molecule has 1 aromatic rings. The fourth-order valence-electron chi connectivity index (χ4n) is 1.86. The summed E-state index contributed by atoms with van der Waals surface area (Å²) in [6.45, 7) is 0.133. The predicted octanol–water partition coefficient (Wildman–Crippen LogP) is 1.70. The SMILES string of the molecule is O=C(Nc1cc(Cl)ccc1F)NC1COCC1C(=O)O. The second kappa shape index (κ2) is 6.06. The van der Waals surface area contributed by atoms with E-state index in [1.165, 1.54) is 12.1 Å². The van der Waals surface area contributed by atoms with E-state index in [1.54, 1.807) is 0 Å². The summed E-state index contributed by atoms with van der Waals surface area (Å²) in [6.07, 6.45) is 0. The molecule has 2 unspecified atom stereocenters. The van der Waals surface area contributed by atoms with Crippen LogP contribution in [0.15, 0.2) is 18.2 Å². The number of urea groups is 1. The second-order valence-electron chi connectivity index (χ2n) is 4.31. The van der Waals surface area contributed by atoms with Crippen LogP contribution in [-0.2, 0) is 9.53 Å². The van der Waals surface area contributed by atoms with E-state index in [-0.39, 0.29) is 23.9 Å². The maximum absolute atomic E-state index is 13.4. The Balaban J connectivity index is 1.99. The van der Waals surface area contributed by atoms with Gasteiger partial charge < -0.3 is 20.5 Å². The number of carbonyl (C=O) groups excluding carboxylic acids is 1. The number of carboxylic acid groups (broad SMARTS) is 1. The van der Waals surface area contributed by atoms with Gasteiger partial charge in [-0.3, -0.25) is 4.79 Å². The lowest BCUT2D eigenvalue weighted by atomic mass is 10.0. The van der Waals surface area contributed by atoms with Gasteiger partial charge in [0.25, 0.3) is 0 Å². The van der Waals surface area contributed by atoms with E-state index in [0.29, 0.717) is 0 Å². The normalized spacial score (nSPS) is 21.5. The van der Waals surface area contributed by atoms with E-state index < -0.39 is 29.8 Å². The Morgan fingerprint density at radius 2 is 2.15 bits per heavy atom. The van der Waals surface area contributed by atoms with Crippen LogP contribution in [0, 0.1) is 11.7 Å². The number of carbonyl (C=O) groups is 2. The second-order valence-corrected chi connectivity index (χ2v) is 4.75. The Hall–Kier alpha value is -1.86. The largest absolute Gasteiger partial charge is 0.481 e. The lowest BCUT2D eigenvalue weighted by molar-refractivity contribution is -0.142. The van der Waals surface area contributed by atoms with E-state index in [0.717, 1.165) is 6.07 Å². The van der Waals surface area contributed by atoms with Gasteiger partial charge in [-0.2, -0.15) is 0 Å².